The number of hydrogen-bond acceptors (Lipinski definition) is 2. The van der Waals surface area contributed by atoms with E-state index < -0.39 is 0 Å². The van der Waals surface area contributed by atoms with E-state index >= 15 is 0 Å². The van der Waals surface area contributed by atoms with Crippen LogP contribution in [-0.2, 0) is 0 Å². The van der Waals surface area contributed by atoms with Gasteiger partial charge in [-0.05, 0) is 6.07 Å². The predicted octanol–water partition coefficient (Wildman–Crippen LogP) is 2.93. The van der Waals surface area contributed by atoms with E-state index in [1.807, 2.05) is 0 Å². The maximum absolute atomic E-state index is 9.11. The number of rotatable bonds is 0. The molecule has 1 aromatic carbocycles. The summed E-state index contributed by atoms with van der Waals surface area (Å²) < 4.78 is 0. The van der Waals surface area contributed by atoms with Crippen molar-refractivity contribution in [3.63, 3.8) is 0 Å². The molecule has 1 rings (SSSR count). The minimum Gasteiger partial charge on any atom is -0.504 e. The van der Waals surface area contributed by atoms with E-state index in [9.17, 15) is 0 Å². The van der Waals surface area contributed by atoms with Gasteiger partial charge in [0.2, 0.25) is 0 Å². The number of aromatic hydroxyl groups is 1. The van der Waals surface area contributed by atoms with E-state index in [2.05, 4.69) is 0 Å². The Morgan fingerprint density at radius 2 is 1.73 bits per heavy atom. The molecular weight excluding hydrogens is 208 g/mol. The number of nitrogen functional groups attached to an aromatic ring is 1. The monoisotopic (exact) mass is 211 g/mol. The predicted molar refractivity (Wildman–Crippen MR) is 47.5 cm³/mol. The normalized spacial score (nSPS) is 10.1. The molecule has 0 aromatic heterocycles. The first-order valence-corrected chi connectivity index (χ1v) is 3.79. The Morgan fingerprint density at radius 3 is 2.27 bits per heavy atom. The first-order valence-electron chi connectivity index (χ1n) is 2.66. The van der Waals surface area contributed by atoms with Crippen LogP contribution in [0.3, 0.4) is 0 Å². The van der Waals surface area contributed by atoms with Gasteiger partial charge in [0.25, 0.3) is 0 Å². The first-order chi connectivity index (χ1) is 5.04. The third kappa shape index (κ3) is 1.48. The van der Waals surface area contributed by atoms with Crippen LogP contribution in [0.5, 0.6) is 5.75 Å². The summed E-state index contributed by atoms with van der Waals surface area (Å²) in [5.41, 5.74) is 5.34. The largest absolute Gasteiger partial charge is 0.504 e. The van der Waals surface area contributed by atoms with E-state index in [-0.39, 0.29) is 26.5 Å². The van der Waals surface area contributed by atoms with Crippen molar-refractivity contribution in [3.05, 3.63) is 21.1 Å². The van der Waals surface area contributed by atoms with Gasteiger partial charge >= 0.3 is 0 Å². The van der Waals surface area contributed by atoms with Gasteiger partial charge in [-0.1, -0.05) is 34.8 Å². The van der Waals surface area contributed by atoms with Gasteiger partial charge < -0.3 is 10.8 Å². The Labute approximate surface area is 78.5 Å². The lowest BCUT2D eigenvalue weighted by Gasteiger charge is -2.04. The zero-order valence-electron chi connectivity index (χ0n) is 5.24. The highest BCUT2D eigenvalue weighted by molar-refractivity contribution is 6.45. The second-order valence-corrected chi connectivity index (χ2v) is 3.11. The summed E-state index contributed by atoms with van der Waals surface area (Å²) in [6.45, 7) is 0. The minimum atomic E-state index is -0.235. The molecule has 11 heavy (non-hydrogen) atoms. The summed E-state index contributed by atoms with van der Waals surface area (Å²) in [7, 11) is 0. The number of phenolic OH excluding ortho intramolecular Hbond substituents is 1. The van der Waals surface area contributed by atoms with Crippen molar-refractivity contribution in [1.29, 1.82) is 0 Å². The summed E-state index contributed by atoms with van der Waals surface area (Å²) in [6.07, 6.45) is 0. The van der Waals surface area contributed by atoms with E-state index in [1.54, 1.807) is 0 Å². The second-order valence-electron chi connectivity index (χ2n) is 1.92. The maximum atomic E-state index is 9.11. The first kappa shape index (κ1) is 8.78. The van der Waals surface area contributed by atoms with Crippen molar-refractivity contribution in [2.24, 2.45) is 0 Å². The molecule has 0 bridgehead atoms. The van der Waals surface area contributed by atoms with Gasteiger partial charge in [0.1, 0.15) is 0 Å². The quantitative estimate of drug-likeness (QED) is 0.395. The highest BCUT2D eigenvalue weighted by Gasteiger charge is 2.10. The minimum absolute atomic E-state index is 0.00386. The van der Waals surface area contributed by atoms with Gasteiger partial charge in [0, 0.05) is 0 Å². The van der Waals surface area contributed by atoms with E-state index in [0.29, 0.717) is 0 Å². The van der Waals surface area contributed by atoms with E-state index in [0.717, 1.165) is 0 Å². The lowest BCUT2D eigenvalue weighted by atomic mass is 10.3. The molecule has 0 aliphatic carbocycles. The number of phenols is 1. The Kier molecular flexibility index (Phi) is 2.37. The fraction of sp³-hybridized carbons (Fsp3) is 0. The van der Waals surface area contributed by atoms with Crippen molar-refractivity contribution in [3.8, 4) is 5.75 Å². The molecule has 0 spiro atoms. The van der Waals surface area contributed by atoms with Crippen LogP contribution in [0.25, 0.3) is 0 Å². The summed E-state index contributed by atoms with van der Waals surface area (Å²) in [5, 5.41) is 9.55. The summed E-state index contributed by atoms with van der Waals surface area (Å²) in [5.74, 6) is -0.235. The third-order valence-corrected chi connectivity index (χ3v) is 2.27. The summed E-state index contributed by atoms with van der Waals surface area (Å²) >= 11 is 16.7. The van der Waals surface area contributed by atoms with Crippen molar-refractivity contribution in [1.82, 2.24) is 0 Å². The number of benzene rings is 1. The van der Waals surface area contributed by atoms with Gasteiger partial charge in [-0.2, -0.15) is 0 Å². The maximum Gasteiger partial charge on any atom is 0.158 e. The van der Waals surface area contributed by atoms with Crippen LogP contribution < -0.4 is 5.73 Å². The van der Waals surface area contributed by atoms with Gasteiger partial charge in [-0.15, -0.1) is 0 Å². The molecule has 3 N–H and O–H groups in total. The molecule has 0 radical (unpaired) electrons. The molecule has 1 aromatic rings. The molecule has 0 heterocycles. The molecule has 0 saturated heterocycles. The average molecular weight is 212 g/mol. The van der Waals surface area contributed by atoms with Crippen LogP contribution in [-0.4, -0.2) is 5.11 Å². The average Bonchev–Trinajstić information content (AvgIpc) is 1.97. The van der Waals surface area contributed by atoms with Gasteiger partial charge in [-0.3, -0.25) is 0 Å². The molecule has 0 amide bonds. The van der Waals surface area contributed by atoms with Crippen LogP contribution in [0, 0.1) is 0 Å². The Balaban J connectivity index is 3.46. The smallest absolute Gasteiger partial charge is 0.158 e. The topological polar surface area (TPSA) is 46.2 Å². The fourth-order valence-corrected chi connectivity index (χ4v) is 1.23. The zero-order valence-corrected chi connectivity index (χ0v) is 7.50. The highest BCUT2D eigenvalue weighted by atomic mass is 35.5. The van der Waals surface area contributed by atoms with Crippen molar-refractivity contribution >= 4 is 40.5 Å². The Bertz CT molecular complexity index is 274. The highest BCUT2D eigenvalue weighted by Crippen LogP contribution is 2.40. The standard InChI is InChI=1S/C6H4Cl3NO/c7-2-1-3(8)6(11)5(10)4(2)9/h1,11H,10H2. The fourth-order valence-electron chi connectivity index (χ4n) is 0.604. The molecule has 5 heteroatoms. The van der Waals surface area contributed by atoms with Crippen LogP contribution >= 0.6 is 34.8 Å². The molecule has 0 unspecified atom stereocenters. The van der Waals surface area contributed by atoms with Crippen molar-refractivity contribution < 1.29 is 5.11 Å². The lowest BCUT2D eigenvalue weighted by molar-refractivity contribution is 0.478. The number of halogens is 3. The van der Waals surface area contributed by atoms with Crippen LogP contribution in [0.1, 0.15) is 0 Å². The molecule has 0 aliphatic rings. The lowest BCUT2D eigenvalue weighted by Crippen LogP contribution is -1.88. The molecule has 0 fully saturated rings. The van der Waals surface area contributed by atoms with Gasteiger partial charge in [0.05, 0.1) is 20.8 Å². The second kappa shape index (κ2) is 2.97. The van der Waals surface area contributed by atoms with Gasteiger partial charge in [-0.25, -0.2) is 0 Å². The number of nitrogens with two attached hydrogens (primary N) is 1. The Hall–Kier alpha value is -0.310. The summed E-state index contributed by atoms with van der Waals surface area (Å²) in [6, 6.07) is 1.33. The zero-order chi connectivity index (χ0) is 8.59. The van der Waals surface area contributed by atoms with Crippen molar-refractivity contribution in [2.75, 3.05) is 5.73 Å². The van der Waals surface area contributed by atoms with Crippen LogP contribution in [0.2, 0.25) is 15.1 Å². The molecular formula is C6H4Cl3NO. The summed E-state index contributed by atoms with van der Waals surface area (Å²) in [4.78, 5) is 0. The third-order valence-electron chi connectivity index (χ3n) is 1.18. The molecule has 0 saturated carbocycles. The molecule has 2 nitrogen and oxygen atoms in total. The number of hydrogen-bond donors (Lipinski definition) is 2. The SMILES string of the molecule is Nc1c(O)c(Cl)cc(Cl)c1Cl. The van der Waals surface area contributed by atoms with Gasteiger partial charge in [0.15, 0.2) is 5.75 Å². The van der Waals surface area contributed by atoms with Crippen LogP contribution in [0.4, 0.5) is 5.69 Å². The van der Waals surface area contributed by atoms with Crippen molar-refractivity contribution in [2.45, 2.75) is 0 Å². The Morgan fingerprint density at radius 1 is 1.18 bits per heavy atom. The van der Waals surface area contributed by atoms with Crippen LogP contribution in [0.15, 0.2) is 6.07 Å². The van der Waals surface area contributed by atoms with E-state index in [1.165, 1.54) is 6.07 Å². The molecule has 60 valence electrons. The molecule has 0 atom stereocenters. The van der Waals surface area contributed by atoms with E-state index in [4.69, 9.17) is 45.6 Å². The molecule has 0 aliphatic heterocycles. The number of anilines is 1.